The van der Waals surface area contributed by atoms with Crippen molar-refractivity contribution in [2.24, 2.45) is 0 Å². The van der Waals surface area contributed by atoms with Crippen LogP contribution in [0, 0.1) is 0 Å². The third-order valence-corrected chi connectivity index (χ3v) is 2.03. The first-order chi connectivity index (χ1) is 6.77. The number of phenolic OH excluding ortho intramolecular Hbond substituents is 1. The second-order valence-electron chi connectivity index (χ2n) is 3.01. The first kappa shape index (κ1) is 8.56. The van der Waals surface area contributed by atoms with Gasteiger partial charge < -0.3 is 10.8 Å². The number of nitrogen functional groups attached to an aromatic ring is 1. The highest BCUT2D eigenvalue weighted by molar-refractivity contribution is 5.75. The molecule has 0 spiro atoms. The van der Waals surface area contributed by atoms with Crippen molar-refractivity contribution in [3.8, 4) is 16.9 Å². The van der Waals surface area contributed by atoms with Crippen LogP contribution in [0.1, 0.15) is 0 Å². The molecular formula is C11H10N2O. The van der Waals surface area contributed by atoms with Crippen LogP contribution in [0.2, 0.25) is 0 Å². The zero-order valence-corrected chi connectivity index (χ0v) is 7.51. The molecule has 3 heteroatoms. The van der Waals surface area contributed by atoms with Crippen molar-refractivity contribution in [2.75, 3.05) is 5.73 Å². The average Bonchev–Trinajstić information content (AvgIpc) is 2.20. The van der Waals surface area contributed by atoms with Crippen LogP contribution < -0.4 is 5.73 Å². The van der Waals surface area contributed by atoms with Gasteiger partial charge in [0.05, 0.1) is 11.9 Å². The monoisotopic (exact) mass is 186 g/mol. The number of hydrogen-bond donors (Lipinski definition) is 2. The second kappa shape index (κ2) is 3.38. The van der Waals surface area contributed by atoms with Crippen molar-refractivity contribution in [2.45, 2.75) is 0 Å². The molecule has 2 aromatic rings. The minimum Gasteiger partial charge on any atom is -0.508 e. The smallest absolute Gasteiger partial charge is 0.115 e. The number of aromatic nitrogens is 1. The fourth-order valence-corrected chi connectivity index (χ4v) is 1.31. The molecule has 0 amide bonds. The minimum absolute atomic E-state index is 0.251. The maximum Gasteiger partial charge on any atom is 0.115 e. The van der Waals surface area contributed by atoms with Crippen molar-refractivity contribution < 1.29 is 5.11 Å². The van der Waals surface area contributed by atoms with E-state index in [2.05, 4.69) is 4.98 Å². The molecule has 0 atom stereocenters. The van der Waals surface area contributed by atoms with E-state index in [4.69, 9.17) is 10.8 Å². The van der Waals surface area contributed by atoms with E-state index in [0.717, 1.165) is 11.1 Å². The number of benzene rings is 1. The Bertz CT molecular complexity index is 437. The van der Waals surface area contributed by atoms with Crippen molar-refractivity contribution in [3.63, 3.8) is 0 Å². The standard InChI is InChI=1S/C11H10N2O/c12-11-7-13-6-5-10(11)8-1-3-9(14)4-2-8/h1-7,14H,12H2. The normalized spacial score (nSPS) is 10.0. The molecule has 0 bridgehead atoms. The summed E-state index contributed by atoms with van der Waals surface area (Å²) in [5.41, 5.74) is 8.31. The highest BCUT2D eigenvalue weighted by atomic mass is 16.3. The molecule has 0 aliphatic heterocycles. The Morgan fingerprint density at radius 2 is 1.79 bits per heavy atom. The SMILES string of the molecule is Nc1cnccc1-c1ccc(O)cc1. The van der Waals surface area contributed by atoms with Crippen molar-refractivity contribution in [1.82, 2.24) is 4.98 Å². The first-order valence-electron chi connectivity index (χ1n) is 4.26. The summed E-state index contributed by atoms with van der Waals surface area (Å²) in [6.07, 6.45) is 3.31. The second-order valence-corrected chi connectivity index (χ2v) is 3.01. The molecular weight excluding hydrogens is 176 g/mol. The Balaban J connectivity index is 2.50. The number of phenols is 1. The van der Waals surface area contributed by atoms with E-state index in [1.54, 1.807) is 24.5 Å². The van der Waals surface area contributed by atoms with E-state index >= 15 is 0 Å². The quantitative estimate of drug-likeness (QED) is 0.716. The molecule has 2 rings (SSSR count). The number of anilines is 1. The van der Waals surface area contributed by atoms with Gasteiger partial charge in [-0.2, -0.15) is 0 Å². The first-order valence-corrected chi connectivity index (χ1v) is 4.26. The Kier molecular flexibility index (Phi) is 2.07. The molecule has 3 N–H and O–H groups in total. The average molecular weight is 186 g/mol. The van der Waals surface area contributed by atoms with E-state index < -0.39 is 0 Å². The van der Waals surface area contributed by atoms with E-state index in [1.165, 1.54) is 0 Å². The molecule has 0 aliphatic rings. The maximum atomic E-state index is 9.13. The summed E-state index contributed by atoms with van der Waals surface area (Å²) in [6, 6.07) is 8.76. The third kappa shape index (κ3) is 1.52. The highest BCUT2D eigenvalue weighted by Crippen LogP contribution is 2.25. The van der Waals surface area contributed by atoms with Gasteiger partial charge in [0.1, 0.15) is 5.75 Å². The zero-order chi connectivity index (χ0) is 9.97. The summed E-state index contributed by atoms with van der Waals surface area (Å²) in [5, 5.41) is 9.13. The van der Waals surface area contributed by atoms with Crippen LogP contribution in [0.5, 0.6) is 5.75 Å². The van der Waals surface area contributed by atoms with E-state index in [1.807, 2.05) is 18.2 Å². The van der Waals surface area contributed by atoms with Crippen LogP contribution in [0.3, 0.4) is 0 Å². The molecule has 0 aliphatic carbocycles. The number of rotatable bonds is 1. The summed E-state index contributed by atoms with van der Waals surface area (Å²) in [4.78, 5) is 3.91. The Morgan fingerprint density at radius 1 is 1.07 bits per heavy atom. The Hall–Kier alpha value is -2.03. The molecule has 0 saturated carbocycles. The lowest BCUT2D eigenvalue weighted by molar-refractivity contribution is 0.475. The van der Waals surface area contributed by atoms with Crippen molar-refractivity contribution in [1.29, 1.82) is 0 Å². The molecule has 1 heterocycles. The van der Waals surface area contributed by atoms with Gasteiger partial charge in [-0.15, -0.1) is 0 Å². The highest BCUT2D eigenvalue weighted by Gasteiger charge is 2.00. The van der Waals surface area contributed by atoms with Gasteiger partial charge in [0.15, 0.2) is 0 Å². The van der Waals surface area contributed by atoms with Gasteiger partial charge >= 0.3 is 0 Å². The fourth-order valence-electron chi connectivity index (χ4n) is 1.31. The molecule has 0 unspecified atom stereocenters. The number of hydrogen-bond acceptors (Lipinski definition) is 3. The number of pyridine rings is 1. The van der Waals surface area contributed by atoms with Gasteiger partial charge in [0.2, 0.25) is 0 Å². The van der Waals surface area contributed by atoms with Gasteiger partial charge in [0, 0.05) is 11.8 Å². The molecule has 70 valence electrons. The molecule has 3 nitrogen and oxygen atoms in total. The van der Waals surface area contributed by atoms with Crippen LogP contribution in [0.15, 0.2) is 42.7 Å². The summed E-state index contributed by atoms with van der Waals surface area (Å²) in [5.74, 6) is 0.251. The summed E-state index contributed by atoms with van der Waals surface area (Å²) < 4.78 is 0. The molecule has 14 heavy (non-hydrogen) atoms. The Morgan fingerprint density at radius 3 is 2.43 bits per heavy atom. The lowest BCUT2D eigenvalue weighted by Crippen LogP contribution is -1.90. The van der Waals surface area contributed by atoms with Crippen LogP contribution in [-0.4, -0.2) is 10.1 Å². The Labute approximate surface area is 81.8 Å². The zero-order valence-electron chi connectivity index (χ0n) is 7.51. The van der Waals surface area contributed by atoms with Gasteiger partial charge in [0.25, 0.3) is 0 Å². The number of aromatic hydroxyl groups is 1. The van der Waals surface area contributed by atoms with E-state index in [0.29, 0.717) is 5.69 Å². The lowest BCUT2D eigenvalue weighted by atomic mass is 10.1. The lowest BCUT2D eigenvalue weighted by Gasteiger charge is -2.04. The van der Waals surface area contributed by atoms with Crippen LogP contribution in [0.4, 0.5) is 5.69 Å². The third-order valence-electron chi connectivity index (χ3n) is 2.03. The predicted octanol–water partition coefficient (Wildman–Crippen LogP) is 2.04. The van der Waals surface area contributed by atoms with Gasteiger partial charge in [-0.3, -0.25) is 4.98 Å². The number of nitrogens with zero attached hydrogens (tertiary/aromatic N) is 1. The molecule has 0 fully saturated rings. The van der Waals surface area contributed by atoms with Crippen molar-refractivity contribution in [3.05, 3.63) is 42.7 Å². The topological polar surface area (TPSA) is 59.1 Å². The molecule has 1 aromatic heterocycles. The van der Waals surface area contributed by atoms with Crippen LogP contribution in [-0.2, 0) is 0 Å². The fraction of sp³-hybridized carbons (Fsp3) is 0. The number of nitrogens with two attached hydrogens (primary N) is 1. The summed E-state index contributed by atoms with van der Waals surface area (Å²) >= 11 is 0. The van der Waals surface area contributed by atoms with Gasteiger partial charge in [-0.05, 0) is 23.8 Å². The van der Waals surface area contributed by atoms with Crippen molar-refractivity contribution >= 4 is 5.69 Å². The molecule has 1 aromatic carbocycles. The van der Waals surface area contributed by atoms with Crippen LogP contribution >= 0.6 is 0 Å². The summed E-state index contributed by atoms with van der Waals surface area (Å²) in [7, 11) is 0. The van der Waals surface area contributed by atoms with Gasteiger partial charge in [-0.1, -0.05) is 12.1 Å². The van der Waals surface area contributed by atoms with E-state index in [-0.39, 0.29) is 5.75 Å². The van der Waals surface area contributed by atoms with Crippen LogP contribution in [0.25, 0.3) is 11.1 Å². The largest absolute Gasteiger partial charge is 0.508 e. The summed E-state index contributed by atoms with van der Waals surface area (Å²) in [6.45, 7) is 0. The maximum absolute atomic E-state index is 9.13. The van der Waals surface area contributed by atoms with Gasteiger partial charge in [-0.25, -0.2) is 0 Å². The molecule has 0 saturated heterocycles. The minimum atomic E-state index is 0.251. The van der Waals surface area contributed by atoms with E-state index in [9.17, 15) is 0 Å². The predicted molar refractivity (Wildman–Crippen MR) is 55.8 cm³/mol. The molecule has 0 radical (unpaired) electrons.